The maximum Gasteiger partial charge on any atom is 0.309 e. The van der Waals surface area contributed by atoms with E-state index in [0.717, 1.165) is 0 Å². The van der Waals surface area contributed by atoms with Crippen molar-refractivity contribution in [3.63, 3.8) is 0 Å². The summed E-state index contributed by atoms with van der Waals surface area (Å²) < 4.78 is 5.03. The highest BCUT2D eigenvalue weighted by molar-refractivity contribution is 5.78. The van der Waals surface area contributed by atoms with Crippen LogP contribution in [0.2, 0.25) is 0 Å². The molecule has 2 aliphatic rings. The lowest BCUT2D eigenvalue weighted by atomic mass is 10.0. The van der Waals surface area contributed by atoms with E-state index in [9.17, 15) is 4.79 Å². The van der Waals surface area contributed by atoms with Crippen LogP contribution in [0.15, 0.2) is 0 Å². The monoisotopic (exact) mass is 168 g/mol. The first kappa shape index (κ1) is 8.09. The Morgan fingerprint density at radius 1 is 1.67 bits per heavy atom. The van der Waals surface area contributed by atoms with Crippen molar-refractivity contribution in [2.24, 2.45) is 17.3 Å². The lowest BCUT2D eigenvalue weighted by Gasteiger charge is -2.07. The van der Waals surface area contributed by atoms with Crippen LogP contribution in [-0.2, 0) is 9.53 Å². The molecule has 2 rings (SSSR count). The van der Waals surface area contributed by atoms with Gasteiger partial charge in [0.1, 0.15) is 0 Å². The van der Waals surface area contributed by atoms with Crippen LogP contribution >= 0.6 is 0 Å². The van der Waals surface area contributed by atoms with Crippen LogP contribution in [0.25, 0.3) is 0 Å². The van der Waals surface area contributed by atoms with Crippen molar-refractivity contribution in [1.29, 1.82) is 0 Å². The van der Waals surface area contributed by atoms with Gasteiger partial charge in [-0.1, -0.05) is 13.3 Å². The fourth-order valence-electron chi connectivity index (χ4n) is 2.87. The summed E-state index contributed by atoms with van der Waals surface area (Å²) in [6.07, 6.45) is 3.76. The van der Waals surface area contributed by atoms with E-state index in [-0.39, 0.29) is 11.9 Å². The molecule has 2 saturated carbocycles. The topological polar surface area (TPSA) is 26.3 Å². The third-order valence-corrected chi connectivity index (χ3v) is 3.62. The van der Waals surface area contributed by atoms with Crippen molar-refractivity contribution in [2.75, 3.05) is 6.61 Å². The number of hydrogen-bond donors (Lipinski definition) is 0. The van der Waals surface area contributed by atoms with Gasteiger partial charge in [0.25, 0.3) is 0 Å². The minimum absolute atomic E-state index is 0.0460. The molecule has 3 unspecified atom stereocenters. The average Bonchev–Trinajstić information content (AvgIpc) is 2.40. The Hall–Kier alpha value is -0.530. The quantitative estimate of drug-likeness (QED) is 0.589. The molecule has 2 heteroatoms. The Bertz CT molecular complexity index is 212. The molecule has 68 valence electrons. The molecule has 0 amide bonds. The smallest absolute Gasteiger partial charge is 0.309 e. The molecule has 0 aromatic rings. The number of carbonyl (C=O) groups excluding carboxylic acids is 1. The summed E-state index contributed by atoms with van der Waals surface area (Å²) in [5.41, 5.74) is 0.326. The number of rotatable bonds is 2. The summed E-state index contributed by atoms with van der Waals surface area (Å²) in [5, 5.41) is 0. The summed E-state index contributed by atoms with van der Waals surface area (Å²) in [7, 11) is 0. The first-order valence-corrected chi connectivity index (χ1v) is 4.87. The van der Waals surface area contributed by atoms with Crippen LogP contribution < -0.4 is 0 Å². The molecule has 2 fully saturated rings. The molecule has 0 heterocycles. The first-order valence-electron chi connectivity index (χ1n) is 4.87. The van der Waals surface area contributed by atoms with Crippen LogP contribution in [0, 0.1) is 17.3 Å². The van der Waals surface area contributed by atoms with Gasteiger partial charge in [-0.15, -0.1) is 0 Å². The lowest BCUT2D eigenvalue weighted by Crippen LogP contribution is -2.12. The molecular formula is C10H16O2. The van der Waals surface area contributed by atoms with E-state index in [1.54, 1.807) is 0 Å². The molecule has 0 radical (unpaired) electrons. The number of fused-ring (bicyclic) bond motifs is 1. The Morgan fingerprint density at radius 2 is 2.42 bits per heavy atom. The second-order valence-electron chi connectivity index (χ2n) is 4.23. The van der Waals surface area contributed by atoms with Gasteiger partial charge in [0, 0.05) is 0 Å². The van der Waals surface area contributed by atoms with Crippen molar-refractivity contribution in [3.8, 4) is 0 Å². The zero-order chi connectivity index (χ0) is 8.77. The Balaban J connectivity index is 1.97. The van der Waals surface area contributed by atoms with Crippen LogP contribution in [0.1, 0.15) is 33.1 Å². The highest BCUT2D eigenvalue weighted by Crippen LogP contribution is 2.68. The standard InChI is InChI=1S/C10H16O2/c1-3-12-9(11)8-7-5-4-6-10(7,8)2/h7-8H,3-6H2,1-2H3. The summed E-state index contributed by atoms with van der Waals surface area (Å²) in [6, 6.07) is 0. The zero-order valence-electron chi connectivity index (χ0n) is 7.80. The molecule has 3 atom stereocenters. The fourth-order valence-corrected chi connectivity index (χ4v) is 2.87. The maximum atomic E-state index is 11.4. The third kappa shape index (κ3) is 0.900. The van der Waals surface area contributed by atoms with Crippen molar-refractivity contribution in [1.82, 2.24) is 0 Å². The Morgan fingerprint density at radius 3 is 2.92 bits per heavy atom. The largest absolute Gasteiger partial charge is 0.466 e. The summed E-state index contributed by atoms with van der Waals surface area (Å²) in [6.45, 7) is 4.63. The Labute approximate surface area is 73.3 Å². The van der Waals surface area contributed by atoms with E-state index in [2.05, 4.69) is 6.92 Å². The number of ether oxygens (including phenoxy) is 1. The molecule has 2 aliphatic carbocycles. The van der Waals surface area contributed by atoms with Gasteiger partial charge in [-0.2, -0.15) is 0 Å². The number of hydrogen-bond acceptors (Lipinski definition) is 2. The number of carbonyl (C=O) groups is 1. The molecule has 0 N–H and O–H groups in total. The predicted octanol–water partition coefficient (Wildman–Crippen LogP) is 1.99. The predicted molar refractivity (Wildman–Crippen MR) is 45.6 cm³/mol. The van der Waals surface area contributed by atoms with Gasteiger partial charge in [-0.05, 0) is 31.1 Å². The normalized spacial score (nSPS) is 43.8. The molecule has 0 aliphatic heterocycles. The van der Waals surface area contributed by atoms with E-state index < -0.39 is 0 Å². The van der Waals surface area contributed by atoms with Crippen molar-refractivity contribution >= 4 is 5.97 Å². The SMILES string of the molecule is CCOC(=O)C1C2CCCC21C. The average molecular weight is 168 g/mol. The van der Waals surface area contributed by atoms with E-state index >= 15 is 0 Å². The minimum Gasteiger partial charge on any atom is -0.466 e. The minimum atomic E-state index is 0.0460. The van der Waals surface area contributed by atoms with Crippen LogP contribution in [-0.4, -0.2) is 12.6 Å². The molecule has 0 aromatic heterocycles. The van der Waals surface area contributed by atoms with E-state index in [1.165, 1.54) is 19.3 Å². The first-order chi connectivity index (χ1) is 5.70. The second-order valence-corrected chi connectivity index (χ2v) is 4.23. The van der Waals surface area contributed by atoms with Crippen molar-refractivity contribution < 1.29 is 9.53 Å². The van der Waals surface area contributed by atoms with Crippen LogP contribution in [0.3, 0.4) is 0 Å². The van der Waals surface area contributed by atoms with Gasteiger partial charge in [0.05, 0.1) is 12.5 Å². The highest BCUT2D eigenvalue weighted by Gasteiger charge is 2.67. The summed E-state index contributed by atoms with van der Waals surface area (Å²) >= 11 is 0. The Kier molecular flexibility index (Phi) is 1.67. The third-order valence-electron chi connectivity index (χ3n) is 3.62. The molecule has 0 aromatic carbocycles. The van der Waals surface area contributed by atoms with Gasteiger partial charge >= 0.3 is 5.97 Å². The van der Waals surface area contributed by atoms with Gasteiger partial charge in [0.2, 0.25) is 0 Å². The maximum absolute atomic E-state index is 11.4. The van der Waals surface area contributed by atoms with Gasteiger partial charge in [0.15, 0.2) is 0 Å². The molecule has 0 spiro atoms. The lowest BCUT2D eigenvalue weighted by molar-refractivity contribution is -0.146. The van der Waals surface area contributed by atoms with E-state index in [0.29, 0.717) is 17.9 Å². The van der Waals surface area contributed by atoms with Gasteiger partial charge in [-0.25, -0.2) is 0 Å². The van der Waals surface area contributed by atoms with E-state index in [1.807, 2.05) is 6.92 Å². The molecule has 2 nitrogen and oxygen atoms in total. The number of esters is 1. The van der Waals surface area contributed by atoms with Gasteiger partial charge in [-0.3, -0.25) is 4.79 Å². The fraction of sp³-hybridized carbons (Fsp3) is 0.900. The summed E-state index contributed by atoms with van der Waals surface area (Å²) in [4.78, 5) is 11.4. The molecular weight excluding hydrogens is 152 g/mol. The van der Waals surface area contributed by atoms with Crippen LogP contribution in [0.5, 0.6) is 0 Å². The second kappa shape index (κ2) is 2.48. The zero-order valence-corrected chi connectivity index (χ0v) is 7.80. The molecule has 0 bridgehead atoms. The molecule has 12 heavy (non-hydrogen) atoms. The highest BCUT2D eigenvalue weighted by atomic mass is 16.5. The van der Waals surface area contributed by atoms with Gasteiger partial charge < -0.3 is 4.74 Å². The van der Waals surface area contributed by atoms with Crippen molar-refractivity contribution in [2.45, 2.75) is 33.1 Å². The van der Waals surface area contributed by atoms with Crippen molar-refractivity contribution in [3.05, 3.63) is 0 Å². The summed E-state index contributed by atoms with van der Waals surface area (Å²) in [5.74, 6) is 0.937. The van der Waals surface area contributed by atoms with Crippen LogP contribution in [0.4, 0.5) is 0 Å². The van der Waals surface area contributed by atoms with E-state index in [4.69, 9.17) is 4.74 Å². The molecule has 0 saturated heterocycles.